The molecule has 19 heavy (non-hydrogen) atoms. The molecule has 0 spiro atoms. The van der Waals surface area contributed by atoms with Crippen LogP contribution in [0.15, 0.2) is 48.5 Å². The van der Waals surface area contributed by atoms with Crippen molar-refractivity contribution in [2.45, 2.75) is 0 Å². The Bertz CT molecular complexity index is 940. The fourth-order valence-electron chi connectivity index (χ4n) is 2.75. The maximum absolute atomic E-state index is 10.2. The van der Waals surface area contributed by atoms with Crippen molar-refractivity contribution in [3.8, 4) is 5.75 Å². The van der Waals surface area contributed by atoms with Crippen LogP contribution in [0.1, 0.15) is 0 Å². The Hall–Kier alpha value is -2.19. The molecule has 0 atom stereocenters. The number of hydrogen-bond acceptors (Lipinski definition) is 1. The van der Waals surface area contributed by atoms with E-state index >= 15 is 0 Å². The summed E-state index contributed by atoms with van der Waals surface area (Å²) < 4.78 is 0. The summed E-state index contributed by atoms with van der Waals surface area (Å²) in [7, 11) is 0. The lowest BCUT2D eigenvalue weighted by Gasteiger charge is -2.04. The molecule has 92 valence electrons. The number of rotatable bonds is 0. The molecule has 1 aromatic heterocycles. The number of benzene rings is 3. The molecule has 0 amide bonds. The van der Waals surface area contributed by atoms with Crippen molar-refractivity contribution >= 4 is 44.2 Å². The zero-order valence-electron chi connectivity index (χ0n) is 9.94. The van der Waals surface area contributed by atoms with Crippen molar-refractivity contribution in [2.75, 3.05) is 0 Å². The molecule has 0 saturated heterocycles. The smallest absolute Gasteiger partial charge is 0.125 e. The molecule has 0 radical (unpaired) electrons. The first-order chi connectivity index (χ1) is 9.24. The highest BCUT2D eigenvalue weighted by Gasteiger charge is 2.11. The van der Waals surface area contributed by atoms with Gasteiger partial charge in [-0.3, -0.25) is 0 Å². The van der Waals surface area contributed by atoms with E-state index in [4.69, 9.17) is 11.6 Å². The third kappa shape index (κ3) is 1.44. The molecule has 3 heteroatoms. The Morgan fingerprint density at radius 1 is 0.895 bits per heavy atom. The number of nitrogens with one attached hydrogen (secondary N) is 1. The van der Waals surface area contributed by atoms with Crippen molar-refractivity contribution < 1.29 is 5.11 Å². The van der Waals surface area contributed by atoms with Gasteiger partial charge in [-0.25, -0.2) is 0 Å². The van der Waals surface area contributed by atoms with E-state index in [9.17, 15) is 5.11 Å². The maximum atomic E-state index is 10.2. The minimum Gasteiger partial charge on any atom is -0.507 e. The van der Waals surface area contributed by atoms with Crippen LogP contribution in [-0.4, -0.2) is 10.1 Å². The van der Waals surface area contributed by atoms with Gasteiger partial charge in [-0.05, 0) is 29.7 Å². The summed E-state index contributed by atoms with van der Waals surface area (Å²) >= 11 is 6.00. The van der Waals surface area contributed by atoms with Crippen LogP contribution in [-0.2, 0) is 0 Å². The monoisotopic (exact) mass is 267 g/mol. The molecule has 0 bridgehead atoms. The molecule has 0 aliphatic heterocycles. The molecule has 1 heterocycles. The van der Waals surface area contributed by atoms with Crippen molar-refractivity contribution in [1.29, 1.82) is 0 Å². The summed E-state index contributed by atoms with van der Waals surface area (Å²) in [6, 6.07) is 15.5. The molecule has 0 saturated carbocycles. The van der Waals surface area contributed by atoms with E-state index in [0.29, 0.717) is 5.02 Å². The number of phenols is 1. The van der Waals surface area contributed by atoms with Gasteiger partial charge in [-0.2, -0.15) is 0 Å². The largest absolute Gasteiger partial charge is 0.507 e. The molecule has 0 aliphatic rings. The van der Waals surface area contributed by atoms with Gasteiger partial charge < -0.3 is 10.1 Å². The Balaban J connectivity index is 2.36. The Morgan fingerprint density at radius 3 is 2.63 bits per heavy atom. The van der Waals surface area contributed by atoms with Gasteiger partial charge in [0.2, 0.25) is 0 Å². The molecule has 0 aliphatic carbocycles. The van der Waals surface area contributed by atoms with Gasteiger partial charge in [0.1, 0.15) is 5.75 Å². The summed E-state index contributed by atoms with van der Waals surface area (Å²) in [6.45, 7) is 0. The lowest BCUT2D eigenvalue weighted by atomic mass is 10.0. The highest BCUT2D eigenvalue weighted by atomic mass is 35.5. The summed E-state index contributed by atoms with van der Waals surface area (Å²) in [5.41, 5.74) is 2.09. The van der Waals surface area contributed by atoms with Crippen LogP contribution in [0, 0.1) is 0 Å². The Kier molecular flexibility index (Phi) is 2.06. The zero-order chi connectivity index (χ0) is 13.0. The summed E-state index contributed by atoms with van der Waals surface area (Å²) in [5, 5.41) is 14.7. The van der Waals surface area contributed by atoms with E-state index < -0.39 is 0 Å². The Labute approximate surface area is 114 Å². The number of halogens is 1. The number of phenolic OH excluding ortho intramolecular Hbond substituents is 1. The summed E-state index contributed by atoms with van der Waals surface area (Å²) in [6.07, 6.45) is 0. The first-order valence-electron chi connectivity index (χ1n) is 6.06. The van der Waals surface area contributed by atoms with Gasteiger partial charge in [0.25, 0.3) is 0 Å². The quantitative estimate of drug-likeness (QED) is 0.470. The van der Waals surface area contributed by atoms with E-state index in [2.05, 4.69) is 11.1 Å². The first-order valence-corrected chi connectivity index (χ1v) is 6.43. The average molecular weight is 268 g/mol. The molecule has 0 unspecified atom stereocenters. The number of aromatic amines is 1. The van der Waals surface area contributed by atoms with Crippen LogP contribution in [0.25, 0.3) is 32.6 Å². The number of H-pyrrole nitrogens is 1. The minimum atomic E-state index is 0.220. The van der Waals surface area contributed by atoms with Gasteiger partial charge in [-0.1, -0.05) is 35.9 Å². The Morgan fingerprint density at radius 2 is 1.74 bits per heavy atom. The van der Waals surface area contributed by atoms with E-state index in [1.807, 2.05) is 36.4 Å². The van der Waals surface area contributed by atoms with E-state index in [1.54, 1.807) is 6.07 Å². The lowest BCUT2D eigenvalue weighted by molar-refractivity contribution is 0.482. The van der Waals surface area contributed by atoms with Crippen LogP contribution in [0.3, 0.4) is 0 Å². The molecule has 0 fully saturated rings. The van der Waals surface area contributed by atoms with Crippen molar-refractivity contribution in [3.63, 3.8) is 0 Å². The summed E-state index contributed by atoms with van der Waals surface area (Å²) in [5.74, 6) is 0.220. The average Bonchev–Trinajstić information content (AvgIpc) is 2.76. The fraction of sp³-hybridized carbons (Fsp3) is 0. The fourth-order valence-corrected chi connectivity index (χ4v) is 2.97. The minimum absolute atomic E-state index is 0.220. The van der Waals surface area contributed by atoms with Gasteiger partial charge >= 0.3 is 0 Å². The second kappa shape index (κ2) is 3.65. The van der Waals surface area contributed by atoms with E-state index in [-0.39, 0.29) is 5.75 Å². The number of fused-ring (bicyclic) bond motifs is 5. The number of para-hydroxylation sites is 1. The van der Waals surface area contributed by atoms with Gasteiger partial charge in [0.15, 0.2) is 0 Å². The molecule has 4 aromatic rings. The molecule has 4 rings (SSSR count). The number of hydrogen-bond donors (Lipinski definition) is 2. The third-order valence-corrected chi connectivity index (χ3v) is 3.75. The van der Waals surface area contributed by atoms with Crippen LogP contribution in [0.5, 0.6) is 5.75 Å². The van der Waals surface area contributed by atoms with Gasteiger partial charge in [0.05, 0.1) is 0 Å². The highest BCUT2D eigenvalue weighted by molar-refractivity contribution is 6.32. The number of aromatic nitrogens is 1. The molecular formula is C16H10ClNO. The highest BCUT2D eigenvalue weighted by Crippen LogP contribution is 2.38. The number of aromatic hydroxyl groups is 1. The summed E-state index contributed by atoms with van der Waals surface area (Å²) in [4.78, 5) is 3.37. The standard InChI is InChI=1S/C16H10ClNO/c17-10-7-9-5-6-13-16(15(9)14(19)8-10)11-3-1-2-4-12(11)18-13/h1-8,18-19H. The lowest BCUT2D eigenvalue weighted by Crippen LogP contribution is -1.77. The van der Waals surface area contributed by atoms with E-state index in [0.717, 1.165) is 32.6 Å². The van der Waals surface area contributed by atoms with E-state index in [1.165, 1.54) is 0 Å². The SMILES string of the molecule is Oc1cc(Cl)cc2ccc3[nH]c4ccccc4c3c12. The molecule has 2 nitrogen and oxygen atoms in total. The predicted octanol–water partition coefficient (Wildman–Crippen LogP) is 4.83. The molecular weight excluding hydrogens is 258 g/mol. The topological polar surface area (TPSA) is 36.0 Å². The maximum Gasteiger partial charge on any atom is 0.125 e. The van der Waals surface area contributed by atoms with Crippen molar-refractivity contribution in [1.82, 2.24) is 4.98 Å². The van der Waals surface area contributed by atoms with Crippen LogP contribution in [0.2, 0.25) is 5.02 Å². The second-order valence-corrected chi connectivity index (χ2v) is 5.12. The predicted molar refractivity (Wildman–Crippen MR) is 80.0 cm³/mol. The van der Waals surface area contributed by atoms with Crippen LogP contribution in [0.4, 0.5) is 0 Å². The van der Waals surface area contributed by atoms with Crippen LogP contribution >= 0.6 is 11.6 Å². The zero-order valence-corrected chi connectivity index (χ0v) is 10.7. The normalized spacial score (nSPS) is 11.6. The third-order valence-electron chi connectivity index (χ3n) is 3.53. The second-order valence-electron chi connectivity index (χ2n) is 4.68. The first kappa shape index (κ1) is 10.7. The van der Waals surface area contributed by atoms with Crippen molar-refractivity contribution in [3.05, 3.63) is 53.6 Å². The van der Waals surface area contributed by atoms with Gasteiger partial charge in [0, 0.05) is 32.2 Å². The van der Waals surface area contributed by atoms with Crippen LogP contribution < -0.4 is 0 Å². The molecule has 2 N–H and O–H groups in total. The molecule has 3 aromatic carbocycles. The van der Waals surface area contributed by atoms with Crippen molar-refractivity contribution in [2.24, 2.45) is 0 Å². The van der Waals surface area contributed by atoms with Gasteiger partial charge in [-0.15, -0.1) is 0 Å².